The Balaban J connectivity index is 1.84. The number of rotatable bonds is 2. The summed E-state index contributed by atoms with van der Waals surface area (Å²) in [5.74, 6) is 0.806. The summed E-state index contributed by atoms with van der Waals surface area (Å²) in [5, 5.41) is 1.51. The van der Waals surface area contributed by atoms with Gasteiger partial charge < -0.3 is 14.2 Å². The molecule has 21 heavy (non-hydrogen) atoms. The van der Waals surface area contributed by atoms with Gasteiger partial charge in [0.2, 0.25) is 0 Å². The summed E-state index contributed by atoms with van der Waals surface area (Å²) in [5.41, 5.74) is 0.694. The molecule has 1 saturated heterocycles. The third-order valence-corrected chi connectivity index (χ3v) is 4.45. The first kappa shape index (κ1) is 14.4. The molecule has 0 N–H and O–H groups in total. The van der Waals surface area contributed by atoms with Gasteiger partial charge in [0.25, 0.3) is 5.91 Å². The average Bonchev–Trinajstić information content (AvgIpc) is 3.00. The molecule has 0 bridgehead atoms. The van der Waals surface area contributed by atoms with Gasteiger partial charge in [-0.3, -0.25) is 4.79 Å². The number of halogens is 1. The molecular formula is C16H19ClN2O2. The topological polar surface area (TPSA) is 36.7 Å². The third kappa shape index (κ3) is 2.65. The maximum absolute atomic E-state index is 12.6. The molecular weight excluding hydrogens is 288 g/mol. The zero-order valence-corrected chi connectivity index (χ0v) is 13.2. The van der Waals surface area contributed by atoms with Crippen molar-refractivity contribution in [2.24, 2.45) is 5.92 Å². The number of carbonyl (C=O) groups is 1. The van der Waals surface area contributed by atoms with Crippen LogP contribution in [0.4, 0.5) is 0 Å². The van der Waals surface area contributed by atoms with E-state index in [2.05, 4.69) is 25.9 Å². The van der Waals surface area contributed by atoms with Crippen molar-refractivity contribution in [3.8, 4) is 0 Å². The predicted octanol–water partition coefficient (Wildman–Crippen LogP) is 3.11. The predicted molar refractivity (Wildman–Crippen MR) is 83.8 cm³/mol. The molecule has 112 valence electrons. The van der Waals surface area contributed by atoms with Gasteiger partial charge in [0.15, 0.2) is 5.76 Å². The minimum atomic E-state index is -0.0430. The summed E-state index contributed by atoms with van der Waals surface area (Å²) in [6.07, 6.45) is 0. The average molecular weight is 307 g/mol. The van der Waals surface area contributed by atoms with Gasteiger partial charge in [-0.2, -0.15) is 0 Å². The van der Waals surface area contributed by atoms with Crippen LogP contribution in [0.5, 0.6) is 0 Å². The molecule has 0 aliphatic carbocycles. The van der Waals surface area contributed by atoms with Crippen molar-refractivity contribution in [2.45, 2.75) is 13.0 Å². The molecule has 1 aromatic carbocycles. The summed E-state index contributed by atoms with van der Waals surface area (Å²) in [7, 11) is 4.11. The number of likely N-dealkylation sites (tertiary alicyclic amines) is 1. The molecule has 1 fully saturated rings. The first-order valence-corrected chi connectivity index (χ1v) is 7.48. The van der Waals surface area contributed by atoms with Crippen molar-refractivity contribution in [3.05, 3.63) is 35.0 Å². The van der Waals surface area contributed by atoms with Gasteiger partial charge >= 0.3 is 0 Å². The second kappa shape index (κ2) is 5.35. The standard InChI is InChI=1S/C16H19ClN2O2/c1-10-8-19(9-13(10)18(2)3)16(20)15-7-11-6-12(17)4-5-14(11)21-15/h4-7,10,13H,8-9H2,1-3H3/t10-,13+/m1/s1. The highest BCUT2D eigenvalue weighted by molar-refractivity contribution is 6.31. The minimum absolute atomic E-state index is 0.0430. The second-order valence-corrected chi connectivity index (χ2v) is 6.45. The van der Waals surface area contributed by atoms with Crippen molar-refractivity contribution < 1.29 is 9.21 Å². The van der Waals surface area contributed by atoms with E-state index in [0.717, 1.165) is 18.5 Å². The van der Waals surface area contributed by atoms with Crippen LogP contribution in [0.2, 0.25) is 5.02 Å². The van der Waals surface area contributed by atoms with E-state index in [4.69, 9.17) is 16.0 Å². The van der Waals surface area contributed by atoms with Gasteiger partial charge in [0.1, 0.15) is 5.58 Å². The van der Waals surface area contributed by atoms with Gasteiger partial charge in [-0.1, -0.05) is 18.5 Å². The monoisotopic (exact) mass is 306 g/mol. The van der Waals surface area contributed by atoms with Crippen LogP contribution in [0.3, 0.4) is 0 Å². The first-order valence-electron chi connectivity index (χ1n) is 7.10. The number of nitrogens with zero attached hydrogens (tertiary/aromatic N) is 2. The second-order valence-electron chi connectivity index (χ2n) is 6.01. The van der Waals surface area contributed by atoms with Gasteiger partial charge in [-0.05, 0) is 44.3 Å². The number of furan rings is 1. The molecule has 1 amide bonds. The molecule has 4 nitrogen and oxygen atoms in total. The largest absolute Gasteiger partial charge is 0.451 e. The van der Waals surface area contributed by atoms with Gasteiger partial charge in [0.05, 0.1) is 0 Å². The van der Waals surface area contributed by atoms with Gasteiger partial charge in [-0.15, -0.1) is 0 Å². The number of carbonyl (C=O) groups excluding carboxylic acids is 1. The summed E-state index contributed by atoms with van der Waals surface area (Å²) < 4.78 is 5.66. The number of fused-ring (bicyclic) bond motifs is 1. The van der Waals surface area contributed by atoms with Crippen LogP contribution >= 0.6 is 11.6 Å². The van der Waals surface area contributed by atoms with E-state index in [1.807, 2.05) is 11.0 Å². The molecule has 2 atom stereocenters. The zero-order valence-electron chi connectivity index (χ0n) is 12.5. The Morgan fingerprint density at radius 1 is 1.33 bits per heavy atom. The van der Waals surface area contributed by atoms with Crippen LogP contribution in [-0.2, 0) is 0 Å². The van der Waals surface area contributed by atoms with E-state index in [9.17, 15) is 4.79 Å². The molecule has 0 radical (unpaired) electrons. The van der Waals surface area contributed by atoms with E-state index >= 15 is 0 Å². The molecule has 1 aromatic heterocycles. The Kier molecular flexibility index (Phi) is 3.68. The van der Waals surface area contributed by atoms with Crippen LogP contribution in [0.1, 0.15) is 17.5 Å². The van der Waals surface area contributed by atoms with E-state index in [1.54, 1.807) is 18.2 Å². The quantitative estimate of drug-likeness (QED) is 0.855. The van der Waals surface area contributed by atoms with Crippen LogP contribution in [0.15, 0.2) is 28.7 Å². The summed E-state index contributed by atoms with van der Waals surface area (Å²) in [4.78, 5) is 16.6. The number of hydrogen-bond donors (Lipinski definition) is 0. The summed E-state index contributed by atoms with van der Waals surface area (Å²) in [6, 6.07) is 7.54. The fourth-order valence-electron chi connectivity index (χ4n) is 3.06. The SMILES string of the molecule is C[C@@H]1CN(C(=O)c2cc3cc(Cl)ccc3o2)C[C@@H]1N(C)C. The molecule has 0 saturated carbocycles. The van der Waals surface area contributed by atoms with Crippen molar-refractivity contribution in [1.29, 1.82) is 0 Å². The summed E-state index contributed by atoms with van der Waals surface area (Å²) >= 11 is 5.97. The van der Waals surface area contributed by atoms with Crippen molar-refractivity contribution >= 4 is 28.5 Å². The van der Waals surface area contributed by atoms with Gasteiger partial charge in [-0.25, -0.2) is 0 Å². The minimum Gasteiger partial charge on any atom is -0.451 e. The lowest BCUT2D eigenvalue weighted by Crippen LogP contribution is -2.35. The number of amides is 1. The molecule has 3 rings (SSSR count). The van der Waals surface area contributed by atoms with Crippen LogP contribution in [-0.4, -0.2) is 48.9 Å². The fraction of sp³-hybridized carbons (Fsp3) is 0.438. The Bertz CT molecular complexity index is 680. The number of benzene rings is 1. The zero-order chi connectivity index (χ0) is 15.1. The summed E-state index contributed by atoms with van der Waals surface area (Å²) in [6.45, 7) is 3.68. The van der Waals surface area contributed by atoms with Crippen LogP contribution in [0, 0.1) is 5.92 Å². The molecule has 1 aliphatic heterocycles. The Labute approximate surface area is 129 Å². The molecule has 5 heteroatoms. The number of likely N-dealkylation sites (N-methyl/N-ethyl adjacent to an activating group) is 1. The smallest absolute Gasteiger partial charge is 0.289 e. The third-order valence-electron chi connectivity index (χ3n) is 4.21. The lowest BCUT2D eigenvalue weighted by Gasteiger charge is -2.22. The van der Waals surface area contributed by atoms with E-state index in [0.29, 0.717) is 28.3 Å². The lowest BCUT2D eigenvalue weighted by atomic mass is 10.1. The van der Waals surface area contributed by atoms with Crippen molar-refractivity contribution in [3.63, 3.8) is 0 Å². The highest BCUT2D eigenvalue weighted by Gasteiger charge is 2.35. The number of hydrogen-bond acceptors (Lipinski definition) is 3. The van der Waals surface area contributed by atoms with Crippen molar-refractivity contribution in [2.75, 3.05) is 27.2 Å². The van der Waals surface area contributed by atoms with Crippen LogP contribution in [0.25, 0.3) is 11.0 Å². The van der Waals surface area contributed by atoms with E-state index in [1.165, 1.54) is 0 Å². The lowest BCUT2D eigenvalue weighted by molar-refractivity contribution is 0.0752. The molecule has 0 spiro atoms. The maximum atomic E-state index is 12.6. The maximum Gasteiger partial charge on any atom is 0.289 e. The van der Waals surface area contributed by atoms with E-state index < -0.39 is 0 Å². The van der Waals surface area contributed by atoms with E-state index in [-0.39, 0.29) is 5.91 Å². The molecule has 0 unspecified atom stereocenters. The Hall–Kier alpha value is -1.52. The Morgan fingerprint density at radius 3 is 2.76 bits per heavy atom. The van der Waals surface area contributed by atoms with Crippen LogP contribution < -0.4 is 0 Å². The molecule has 1 aliphatic rings. The highest BCUT2D eigenvalue weighted by atomic mass is 35.5. The Morgan fingerprint density at radius 2 is 2.10 bits per heavy atom. The first-order chi connectivity index (χ1) is 9.95. The fourth-order valence-corrected chi connectivity index (χ4v) is 3.24. The van der Waals surface area contributed by atoms with Gasteiger partial charge in [0, 0.05) is 29.5 Å². The van der Waals surface area contributed by atoms with Crippen molar-refractivity contribution in [1.82, 2.24) is 9.80 Å². The molecule has 2 heterocycles. The normalized spacial score (nSPS) is 22.4. The highest BCUT2D eigenvalue weighted by Crippen LogP contribution is 2.26. The molecule has 2 aromatic rings.